The van der Waals surface area contributed by atoms with Crippen LogP contribution in [0.1, 0.15) is 40.7 Å². The highest BCUT2D eigenvalue weighted by atomic mass is 32.2. The maximum absolute atomic E-state index is 12.1. The molecule has 1 aliphatic heterocycles. The number of rotatable bonds is 4. The van der Waals surface area contributed by atoms with Crippen LogP contribution in [0.15, 0.2) is 18.2 Å². The van der Waals surface area contributed by atoms with Gasteiger partial charge in [0.15, 0.2) is 0 Å². The Morgan fingerprint density at radius 1 is 1.52 bits per heavy atom. The van der Waals surface area contributed by atoms with Gasteiger partial charge < -0.3 is 10.4 Å². The van der Waals surface area contributed by atoms with Crippen molar-refractivity contribution in [2.45, 2.75) is 31.4 Å². The van der Waals surface area contributed by atoms with Crippen molar-refractivity contribution >= 4 is 17.7 Å². The fraction of sp³-hybridized carbons (Fsp3) is 0.471. The van der Waals surface area contributed by atoms with E-state index in [0.717, 1.165) is 17.7 Å². The highest BCUT2D eigenvalue weighted by Gasteiger charge is 2.16. The van der Waals surface area contributed by atoms with E-state index < -0.39 is 0 Å². The number of carbonyl (C=O) groups excluding carboxylic acids is 1. The lowest BCUT2D eigenvalue weighted by Gasteiger charge is -2.10. The molecule has 0 spiro atoms. The van der Waals surface area contributed by atoms with Crippen LogP contribution in [-0.4, -0.2) is 35.2 Å². The zero-order valence-electron chi connectivity index (χ0n) is 12.3. The molecule has 1 aromatic rings. The van der Waals surface area contributed by atoms with Gasteiger partial charge in [0.05, 0.1) is 6.61 Å². The molecule has 4 heteroatoms. The number of nitrogens with one attached hydrogen (secondary N) is 1. The van der Waals surface area contributed by atoms with Crippen LogP contribution in [0.2, 0.25) is 0 Å². The summed E-state index contributed by atoms with van der Waals surface area (Å²) in [5.41, 5.74) is 2.58. The minimum Gasteiger partial charge on any atom is -0.395 e. The van der Waals surface area contributed by atoms with Crippen molar-refractivity contribution in [2.24, 2.45) is 0 Å². The van der Waals surface area contributed by atoms with Crippen LogP contribution in [0.4, 0.5) is 0 Å². The molecule has 2 rings (SSSR count). The first-order valence-corrected chi connectivity index (χ1v) is 8.36. The highest BCUT2D eigenvalue weighted by Crippen LogP contribution is 2.25. The first-order valence-electron chi connectivity index (χ1n) is 7.31. The average molecular weight is 303 g/mol. The molecule has 1 saturated heterocycles. The maximum Gasteiger partial charge on any atom is 0.251 e. The largest absolute Gasteiger partial charge is 0.395 e. The van der Waals surface area contributed by atoms with Gasteiger partial charge in [-0.05, 0) is 49.3 Å². The van der Waals surface area contributed by atoms with E-state index in [1.807, 2.05) is 36.9 Å². The third-order valence-electron chi connectivity index (χ3n) is 3.46. The standard InChI is InChI=1S/C17H21NO2S/c1-13-11-15(8-7-14(13)5-2-3-9-19)17(20)18-12-16-6-4-10-21-16/h7-8,11,16,19H,3-4,6,9-10,12H2,1H3,(H,18,20). The molecule has 0 aromatic heterocycles. The van der Waals surface area contributed by atoms with E-state index in [1.54, 1.807) is 0 Å². The lowest BCUT2D eigenvalue weighted by Crippen LogP contribution is -2.29. The minimum absolute atomic E-state index is 0.0135. The predicted octanol–water partition coefficient (Wildman–Crippen LogP) is 2.35. The Morgan fingerprint density at radius 3 is 3.05 bits per heavy atom. The first-order chi connectivity index (χ1) is 10.2. The summed E-state index contributed by atoms with van der Waals surface area (Å²) in [7, 11) is 0. The normalized spacial score (nSPS) is 17.1. The lowest BCUT2D eigenvalue weighted by atomic mass is 10.0. The Kier molecular flexibility index (Phi) is 6.16. The first kappa shape index (κ1) is 15.9. The molecule has 0 saturated carbocycles. The molecule has 1 aromatic carbocycles. The summed E-state index contributed by atoms with van der Waals surface area (Å²) >= 11 is 1.94. The van der Waals surface area contributed by atoms with Gasteiger partial charge in [0.2, 0.25) is 0 Å². The van der Waals surface area contributed by atoms with Crippen molar-refractivity contribution in [2.75, 3.05) is 18.9 Å². The second-order valence-corrected chi connectivity index (χ2v) is 6.56. The van der Waals surface area contributed by atoms with Gasteiger partial charge in [-0.3, -0.25) is 4.79 Å². The van der Waals surface area contributed by atoms with Crippen molar-refractivity contribution in [3.63, 3.8) is 0 Å². The van der Waals surface area contributed by atoms with Gasteiger partial charge in [0.25, 0.3) is 5.91 Å². The van der Waals surface area contributed by atoms with Gasteiger partial charge in [-0.1, -0.05) is 11.8 Å². The van der Waals surface area contributed by atoms with E-state index in [9.17, 15) is 4.79 Å². The zero-order chi connectivity index (χ0) is 15.1. The monoisotopic (exact) mass is 303 g/mol. The summed E-state index contributed by atoms with van der Waals surface area (Å²) in [6.07, 6.45) is 2.93. The fourth-order valence-corrected chi connectivity index (χ4v) is 3.47. The van der Waals surface area contributed by atoms with Crippen LogP contribution in [0.3, 0.4) is 0 Å². The molecule has 21 heavy (non-hydrogen) atoms. The number of benzene rings is 1. The van der Waals surface area contributed by atoms with Gasteiger partial charge in [-0.25, -0.2) is 0 Å². The molecule has 1 amide bonds. The molecule has 1 fully saturated rings. The number of aryl methyl sites for hydroxylation is 1. The van der Waals surface area contributed by atoms with Crippen LogP contribution in [-0.2, 0) is 0 Å². The van der Waals surface area contributed by atoms with E-state index >= 15 is 0 Å². The maximum atomic E-state index is 12.1. The predicted molar refractivity (Wildman–Crippen MR) is 87.6 cm³/mol. The Hall–Kier alpha value is -1.44. The summed E-state index contributed by atoms with van der Waals surface area (Å²) in [6, 6.07) is 5.56. The molecular weight excluding hydrogens is 282 g/mol. The number of hydrogen-bond acceptors (Lipinski definition) is 3. The molecule has 1 unspecified atom stereocenters. The second kappa shape index (κ2) is 8.11. The summed E-state index contributed by atoms with van der Waals surface area (Å²) in [5.74, 6) is 7.11. The quantitative estimate of drug-likeness (QED) is 0.840. The molecule has 2 N–H and O–H groups in total. The minimum atomic E-state index is -0.0135. The third-order valence-corrected chi connectivity index (χ3v) is 4.86. The number of hydrogen-bond donors (Lipinski definition) is 2. The third kappa shape index (κ3) is 4.80. The van der Waals surface area contributed by atoms with Crippen LogP contribution < -0.4 is 5.32 Å². The molecular formula is C17H21NO2S. The van der Waals surface area contributed by atoms with E-state index in [-0.39, 0.29) is 12.5 Å². The Labute approximate surface area is 130 Å². The molecule has 0 bridgehead atoms. The van der Waals surface area contributed by atoms with Crippen molar-refractivity contribution < 1.29 is 9.90 Å². The highest BCUT2D eigenvalue weighted by molar-refractivity contribution is 8.00. The lowest BCUT2D eigenvalue weighted by molar-refractivity contribution is 0.0953. The van der Waals surface area contributed by atoms with E-state index in [4.69, 9.17) is 5.11 Å². The Balaban J connectivity index is 1.95. The molecule has 3 nitrogen and oxygen atoms in total. The molecule has 112 valence electrons. The van der Waals surface area contributed by atoms with Crippen molar-refractivity contribution in [3.8, 4) is 11.8 Å². The van der Waals surface area contributed by atoms with Gasteiger partial charge in [0.1, 0.15) is 0 Å². The van der Waals surface area contributed by atoms with Crippen LogP contribution in [0.5, 0.6) is 0 Å². The van der Waals surface area contributed by atoms with Crippen molar-refractivity contribution in [3.05, 3.63) is 34.9 Å². The van der Waals surface area contributed by atoms with Gasteiger partial charge in [-0.15, -0.1) is 0 Å². The van der Waals surface area contributed by atoms with E-state index in [2.05, 4.69) is 17.2 Å². The number of aliphatic hydroxyl groups is 1. The number of carbonyl (C=O) groups is 1. The van der Waals surface area contributed by atoms with E-state index in [0.29, 0.717) is 17.2 Å². The second-order valence-electron chi connectivity index (χ2n) is 5.15. The SMILES string of the molecule is Cc1cc(C(=O)NCC2CCCS2)ccc1C#CCCO. The Bertz CT molecular complexity index is 554. The summed E-state index contributed by atoms with van der Waals surface area (Å²) in [4.78, 5) is 12.1. The summed E-state index contributed by atoms with van der Waals surface area (Å²) in [6.45, 7) is 2.78. The number of thioether (sulfide) groups is 1. The van der Waals surface area contributed by atoms with Crippen molar-refractivity contribution in [1.29, 1.82) is 0 Å². The summed E-state index contributed by atoms with van der Waals surface area (Å²) < 4.78 is 0. The van der Waals surface area contributed by atoms with Gasteiger partial charge in [-0.2, -0.15) is 11.8 Å². The van der Waals surface area contributed by atoms with Gasteiger partial charge >= 0.3 is 0 Å². The molecule has 1 heterocycles. The van der Waals surface area contributed by atoms with Crippen LogP contribution >= 0.6 is 11.8 Å². The zero-order valence-corrected chi connectivity index (χ0v) is 13.1. The molecule has 0 aliphatic carbocycles. The average Bonchev–Trinajstić information content (AvgIpc) is 3.00. The molecule has 1 atom stereocenters. The topological polar surface area (TPSA) is 49.3 Å². The number of amides is 1. The Morgan fingerprint density at radius 2 is 2.38 bits per heavy atom. The van der Waals surface area contributed by atoms with Gasteiger partial charge in [0, 0.05) is 29.3 Å². The fourth-order valence-electron chi connectivity index (χ4n) is 2.27. The smallest absolute Gasteiger partial charge is 0.251 e. The van der Waals surface area contributed by atoms with Crippen LogP contribution in [0, 0.1) is 18.8 Å². The summed E-state index contributed by atoms with van der Waals surface area (Å²) in [5, 5.41) is 12.3. The van der Waals surface area contributed by atoms with E-state index in [1.165, 1.54) is 18.6 Å². The molecule has 0 radical (unpaired) electrons. The van der Waals surface area contributed by atoms with Crippen LogP contribution in [0.25, 0.3) is 0 Å². The van der Waals surface area contributed by atoms with Crippen molar-refractivity contribution in [1.82, 2.24) is 5.32 Å². The molecule has 1 aliphatic rings. The number of aliphatic hydroxyl groups excluding tert-OH is 1.